The Balaban J connectivity index is 2.04. The number of aryl methyl sites for hydroxylation is 1. The quantitative estimate of drug-likeness (QED) is 0.776. The highest BCUT2D eigenvalue weighted by molar-refractivity contribution is 7.15. The van der Waals surface area contributed by atoms with Gasteiger partial charge in [-0.25, -0.2) is 4.98 Å². The van der Waals surface area contributed by atoms with Crippen molar-refractivity contribution in [1.29, 1.82) is 0 Å². The summed E-state index contributed by atoms with van der Waals surface area (Å²) in [6.45, 7) is 3.06. The van der Waals surface area contributed by atoms with E-state index in [4.69, 9.17) is 5.11 Å². The van der Waals surface area contributed by atoms with E-state index in [0.717, 1.165) is 41.5 Å². The van der Waals surface area contributed by atoms with Gasteiger partial charge in [0.05, 0.1) is 5.69 Å². The minimum absolute atomic E-state index is 0.382. The summed E-state index contributed by atoms with van der Waals surface area (Å²) in [7, 11) is 0. The minimum Gasteiger partial charge on any atom is -0.481 e. The van der Waals surface area contributed by atoms with Gasteiger partial charge < -0.3 is 10.4 Å². The number of rotatable bonds is 5. The molecule has 88 valence electrons. The molecule has 0 saturated carbocycles. The van der Waals surface area contributed by atoms with E-state index in [0.29, 0.717) is 6.42 Å². The highest BCUT2D eigenvalue weighted by Crippen LogP contribution is 2.38. The molecule has 0 amide bonds. The van der Waals surface area contributed by atoms with Crippen LogP contribution in [0, 0.1) is 0 Å². The van der Waals surface area contributed by atoms with Gasteiger partial charge in [-0.3, -0.25) is 4.79 Å². The highest BCUT2D eigenvalue weighted by Gasteiger charge is 2.32. The first-order valence-electron chi connectivity index (χ1n) is 5.68. The highest BCUT2D eigenvalue weighted by atomic mass is 32.1. The van der Waals surface area contributed by atoms with Gasteiger partial charge in [-0.1, -0.05) is 13.3 Å². The maximum Gasteiger partial charge on any atom is 0.312 e. The Kier molecular flexibility index (Phi) is 3.43. The molecule has 2 rings (SSSR count). The largest absolute Gasteiger partial charge is 0.481 e. The summed E-state index contributed by atoms with van der Waals surface area (Å²) in [6, 6.07) is 0. The minimum atomic E-state index is -0.746. The second-order valence-corrected chi connectivity index (χ2v) is 5.12. The SMILES string of the molecule is CCCCNc1nc2c(s1)CCC2C(=O)O. The molecule has 0 spiro atoms. The van der Waals surface area contributed by atoms with E-state index < -0.39 is 5.97 Å². The Hall–Kier alpha value is -1.10. The van der Waals surface area contributed by atoms with Crippen LogP contribution < -0.4 is 5.32 Å². The number of carboxylic acids is 1. The zero-order valence-electron chi connectivity index (χ0n) is 9.32. The van der Waals surface area contributed by atoms with Crippen LogP contribution in [0.15, 0.2) is 0 Å². The van der Waals surface area contributed by atoms with Crippen molar-refractivity contribution in [2.75, 3.05) is 11.9 Å². The topological polar surface area (TPSA) is 62.2 Å². The predicted octanol–water partition coefficient (Wildman–Crippen LogP) is 2.47. The molecule has 1 aromatic heterocycles. The Bertz CT molecular complexity index is 389. The van der Waals surface area contributed by atoms with Crippen LogP contribution in [0.2, 0.25) is 0 Å². The van der Waals surface area contributed by atoms with Crippen LogP contribution in [-0.2, 0) is 11.2 Å². The Morgan fingerprint density at radius 3 is 3.19 bits per heavy atom. The number of fused-ring (bicyclic) bond motifs is 1. The van der Waals surface area contributed by atoms with Gasteiger partial charge in [0.1, 0.15) is 5.92 Å². The number of thiazole rings is 1. The Morgan fingerprint density at radius 2 is 2.50 bits per heavy atom. The van der Waals surface area contributed by atoms with Crippen molar-refractivity contribution in [2.24, 2.45) is 0 Å². The second-order valence-electron chi connectivity index (χ2n) is 4.04. The summed E-state index contributed by atoms with van der Waals surface area (Å²) in [5.74, 6) is -1.13. The molecule has 0 radical (unpaired) electrons. The fourth-order valence-electron chi connectivity index (χ4n) is 1.92. The van der Waals surface area contributed by atoms with E-state index in [2.05, 4.69) is 17.2 Å². The molecule has 0 aliphatic heterocycles. The summed E-state index contributed by atoms with van der Waals surface area (Å²) in [5, 5.41) is 13.2. The number of hydrogen-bond donors (Lipinski definition) is 2. The predicted molar refractivity (Wildman–Crippen MR) is 64.2 cm³/mol. The second kappa shape index (κ2) is 4.82. The molecule has 0 aromatic carbocycles. The molecule has 1 atom stereocenters. The van der Waals surface area contributed by atoms with Crippen molar-refractivity contribution in [3.8, 4) is 0 Å². The van der Waals surface area contributed by atoms with Gasteiger partial charge >= 0.3 is 5.97 Å². The van der Waals surface area contributed by atoms with Crippen LogP contribution in [-0.4, -0.2) is 22.6 Å². The summed E-state index contributed by atoms with van der Waals surface area (Å²) in [6.07, 6.45) is 3.83. The van der Waals surface area contributed by atoms with Crippen LogP contribution >= 0.6 is 11.3 Å². The van der Waals surface area contributed by atoms with Crippen molar-refractivity contribution < 1.29 is 9.90 Å². The van der Waals surface area contributed by atoms with Gasteiger partial charge in [-0.05, 0) is 19.3 Å². The smallest absolute Gasteiger partial charge is 0.312 e. The average Bonchev–Trinajstić information content (AvgIpc) is 2.76. The molecule has 1 aliphatic carbocycles. The molecule has 5 heteroatoms. The van der Waals surface area contributed by atoms with E-state index in [-0.39, 0.29) is 5.92 Å². The Labute approximate surface area is 98.7 Å². The maximum absolute atomic E-state index is 11.0. The summed E-state index contributed by atoms with van der Waals surface area (Å²) < 4.78 is 0. The number of aromatic nitrogens is 1. The van der Waals surface area contributed by atoms with Gasteiger partial charge in [0.25, 0.3) is 0 Å². The number of hydrogen-bond acceptors (Lipinski definition) is 4. The van der Waals surface area contributed by atoms with Gasteiger partial charge in [0, 0.05) is 11.4 Å². The van der Waals surface area contributed by atoms with E-state index in [9.17, 15) is 4.79 Å². The summed E-state index contributed by atoms with van der Waals surface area (Å²) in [4.78, 5) is 16.5. The number of anilines is 1. The van der Waals surface area contributed by atoms with E-state index in [1.807, 2.05) is 0 Å². The zero-order chi connectivity index (χ0) is 11.5. The average molecular weight is 240 g/mol. The summed E-state index contributed by atoms with van der Waals surface area (Å²) >= 11 is 1.61. The molecule has 1 aromatic rings. The van der Waals surface area contributed by atoms with E-state index in [1.54, 1.807) is 11.3 Å². The van der Waals surface area contributed by atoms with Crippen molar-refractivity contribution >= 4 is 22.4 Å². The molecule has 0 fully saturated rings. The number of nitrogens with one attached hydrogen (secondary N) is 1. The molecule has 0 saturated heterocycles. The van der Waals surface area contributed by atoms with Gasteiger partial charge in [0.15, 0.2) is 5.13 Å². The monoisotopic (exact) mass is 240 g/mol. The number of unbranched alkanes of at least 4 members (excludes halogenated alkanes) is 1. The molecule has 2 N–H and O–H groups in total. The number of nitrogens with zero attached hydrogens (tertiary/aromatic N) is 1. The van der Waals surface area contributed by atoms with Crippen LogP contribution in [0.4, 0.5) is 5.13 Å². The van der Waals surface area contributed by atoms with E-state index >= 15 is 0 Å². The molecule has 4 nitrogen and oxygen atoms in total. The van der Waals surface area contributed by atoms with E-state index in [1.165, 1.54) is 0 Å². The third-order valence-electron chi connectivity index (χ3n) is 2.82. The standard InChI is InChI=1S/C11H16N2O2S/c1-2-3-6-12-11-13-9-7(10(14)15)4-5-8(9)16-11/h7H,2-6H2,1H3,(H,12,13)(H,14,15). The van der Waals surface area contributed by atoms with Crippen LogP contribution in [0.1, 0.15) is 42.7 Å². The third-order valence-corrected chi connectivity index (χ3v) is 3.91. The fraction of sp³-hybridized carbons (Fsp3) is 0.636. The lowest BCUT2D eigenvalue weighted by molar-refractivity contribution is -0.138. The van der Waals surface area contributed by atoms with Crippen molar-refractivity contribution in [2.45, 2.75) is 38.5 Å². The van der Waals surface area contributed by atoms with Gasteiger partial charge in [-0.15, -0.1) is 11.3 Å². The molecule has 1 heterocycles. The first-order valence-corrected chi connectivity index (χ1v) is 6.50. The molecule has 1 unspecified atom stereocenters. The Morgan fingerprint density at radius 1 is 1.69 bits per heavy atom. The lowest BCUT2D eigenvalue weighted by Crippen LogP contribution is -2.09. The van der Waals surface area contributed by atoms with Gasteiger partial charge in [0.2, 0.25) is 0 Å². The number of carboxylic acid groups (broad SMARTS) is 1. The lowest BCUT2D eigenvalue weighted by Gasteiger charge is -2.02. The van der Waals surface area contributed by atoms with Crippen LogP contribution in [0.3, 0.4) is 0 Å². The normalized spacial score (nSPS) is 18.4. The van der Waals surface area contributed by atoms with Crippen LogP contribution in [0.5, 0.6) is 0 Å². The van der Waals surface area contributed by atoms with Crippen molar-refractivity contribution in [1.82, 2.24) is 4.98 Å². The van der Waals surface area contributed by atoms with Crippen molar-refractivity contribution in [3.05, 3.63) is 10.6 Å². The lowest BCUT2D eigenvalue weighted by atomic mass is 10.1. The first-order chi connectivity index (χ1) is 7.72. The first kappa shape index (κ1) is 11.4. The zero-order valence-corrected chi connectivity index (χ0v) is 10.1. The number of aliphatic carboxylic acids is 1. The number of carbonyl (C=O) groups is 1. The molecule has 0 bridgehead atoms. The third kappa shape index (κ3) is 2.19. The van der Waals surface area contributed by atoms with Crippen LogP contribution in [0.25, 0.3) is 0 Å². The van der Waals surface area contributed by atoms with Crippen molar-refractivity contribution in [3.63, 3.8) is 0 Å². The molecular weight excluding hydrogens is 224 g/mol. The molecule has 1 aliphatic rings. The van der Waals surface area contributed by atoms with Gasteiger partial charge in [-0.2, -0.15) is 0 Å². The summed E-state index contributed by atoms with van der Waals surface area (Å²) in [5.41, 5.74) is 0.788. The maximum atomic E-state index is 11.0. The molecular formula is C11H16N2O2S. The molecule has 16 heavy (non-hydrogen) atoms. The fourth-order valence-corrected chi connectivity index (χ4v) is 2.98.